The van der Waals surface area contributed by atoms with Crippen LogP contribution in [0.5, 0.6) is 0 Å². The molecule has 0 radical (unpaired) electrons. The predicted molar refractivity (Wildman–Crippen MR) is 40.7 cm³/mol. The first kappa shape index (κ1) is 9.23. The number of nitrogens with two attached hydrogens (primary N) is 1. The fraction of sp³-hybridized carbons (Fsp3) is 0.833. The van der Waals surface area contributed by atoms with Crippen molar-refractivity contribution in [3.8, 4) is 0 Å². The maximum atomic E-state index is 10.5. The molecule has 0 bridgehead atoms. The van der Waals surface area contributed by atoms with Gasteiger partial charge in [0.15, 0.2) is 0 Å². The van der Waals surface area contributed by atoms with Crippen molar-refractivity contribution in [3.63, 3.8) is 0 Å². The van der Waals surface area contributed by atoms with Gasteiger partial charge in [-0.05, 0) is 19.4 Å². The van der Waals surface area contributed by atoms with Crippen LogP contribution in [0.3, 0.4) is 0 Å². The maximum Gasteiger partial charge on any atom is 0.314 e. The highest BCUT2D eigenvalue weighted by atomic mass is 16.2. The van der Waals surface area contributed by atoms with Crippen LogP contribution in [0.4, 0.5) is 4.79 Å². The van der Waals surface area contributed by atoms with Crippen LogP contribution in [0.2, 0.25) is 0 Å². The highest BCUT2D eigenvalue weighted by Gasteiger charge is 1.92. The summed E-state index contributed by atoms with van der Waals surface area (Å²) in [4.78, 5) is 10.5. The van der Waals surface area contributed by atoms with Crippen molar-refractivity contribution < 1.29 is 4.79 Å². The number of rotatable bonds is 4. The van der Waals surface area contributed by atoms with Crippen LogP contribution < -0.4 is 16.4 Å². The quantitative estimate of drug-likeness (QED) is 0.473. The summed E-state index contributed by atoms with van der Waals surface area (Å²) < 4.78 is 0. The number of urea groups is 1. The molecule has 0 rings (SSSR count). The maximum absolute atomic E-state index is 10.5. The number of hydrogen-bond acceptors (Lipinski definition) is 2. The summed E-state index contributed by atoms with van der Waals surface area (Å²) in [5.41, 5.74) is 5.25. The molecule has 0 aromatic carbocycles. The Bertz CT molecular complexity index is 95.0. The Kier molecular flexibility index (Phi) is 5.86. The molecule has 0 aliphatic carbocycles. The minimum atomic E-state index is -0.128. The average molecular weight is 145 g/mol. The molecule has 4 N–H and O–H groups in total. The third kappa shape index (κ3) is 5.37. The summed E-state index contributed by atoms with van der Waals surface area (Å²) in [6.45, 7) is 1.40. The summed E-state index contributed by atoms with van der Waals surface area (Å²) in [5.74, 6) is 0. The first-order valence-electron chi connectivity index (χ1n) is 3.47. The van der Waals surface area contributed by atoms with Gasteiger partial charge in [-0.15, -0.1) is 0 Å². The number of hydrogen-bond donors (Lipinski definition) is 3. The van der Waals surface area contributed by atoms with Crippen molar-refractivity contribution >= 4 is 6.03 Å². The Hall–Kier alpha value is -0.770. The van der Waals surface area contributed by atoms with Gasteiger partial charge >= 0.3 is 6.03 Å². The molecule has 0 saturated heterocycles. The van der Waals surface area contributed by atoms with E-state index in [9.17, 15) is 4.79 Å². The van der Waals surface area contributed by atoms with Crippen molar-refractivity contribution in [2.45, 2.75) is 12.8 Å². The summed E-state index contributed by atoms with van der Waals surface area (Å²) in [6, 6.07) is -0.128. The predicted octanol–water partition coefficient (Wildman–Crippen LogP) is -0.346. The molecule has 0 aliphatic heterocycles. The molecular weight excluding hydrogens is 130 g/mol. The molecule has 0 aliphatic rings. The average Bonchev–Trinajstić information content (AvgIpc) is 1.98. The Balaban J connectivity index is 2.96. The van der Waals surface area contributed by atoms with E-state index in [1.165, 1.54) is 0 Å². The van der Waals surface area contributed by atoms with Gasteiger partial charge in [-0.2, -0.15) is 0 Å². The standard InChI is InChI=1S/C6H15N3O/c1-8-6(10)9-5-3-2-4-7/h2-5,7H2,1H3,(H2,8,9,10). The van der Waals surface area contributed by atoms with Crippen LogP contribution in [0, 0.1) is 0 Å². The minimum Gasteiger partial charge on any atom is -0.341 e. The monoisotopic (exact) mass is 145 g/mol. The minimum absolute atomic E-state index is 0.128. The van der Waals surface area contributed by atoms with E-state index >= 15 is 0 Å². The molecule has 0 aromatic rings. The van der Waals surface area contributed by atoms with Crippen molar-refractivity contribution in [1.82, 2.24) is 10.6 Å². The molecule has 60 valence electrons. The normalized spacial score (nSPS) is 9.00. The zero-order valence-corrected chi connectivity index (χ0v) is 6.31. The Morgan fingerprint density at radius 3 is 2.70 bits per heavy atom. The Labute approximate surface area is 61.2 Å². The van der Waals surface area contributed by atoms with E-state index in [0.29, 0.717) is 13.1 Å². The fourth-order valence-corrected chi connectivity index (χ4v) is 0.560. The van der Waals surface area contributed by atoms with Crippen LogP contribution >= 0.6 is 0 Å². The molecule has 2 amide bonds. The zero-order chi connectivity index (χ0) is 7.82. The van der Waals surface area contributed by atoms with Crippen LogP contribution in [0.15, 0.2) is 0 Å². The van der Waals surface area contributed by atoms with E-state index in [1.807, 2.05) is 0 Å². The molecular formula is C6H15N3O. The smallest absolute Gasteiger partial charge is 0.314 e. The Morgan fingerprint density at radius 1 is 1.50 bits per heavy atom. The second-order valence-corrected chi connectivity index (χ2v) is 2.00. The number of carbonyl (C=O) groups is 1. The third-order valence-corrected chi connectivity index (χ3v) is 1.14. The molecule has 4 nitrogen and oxygen atoms in total. The first-order valence-corrected chi connectivity index (χ1v) is 3.47. The van der Waals surface area contributed by atoms with Gasteiger partial charge in [0.25, 0.3) is 0 Å². The highest BCUT2D eigenvalue weighted by Crippen LogP contribution is 1.81. The molecule has 0 spiro atoms. The van der Waals surface area contributed by atoms with E-state index in [0.717, 1.165) is 12.8 Å². The van der Waals surface area contributed by atoms with Gasteiger partial charge in [0.1, 0.15) is 0 Å². The number of carbonyl (C=O) groups excluding carboxylic acids is 1. The van der Waals surface area contributed by atoms with Crippen molar-refractivity contribution in [1.29, 1.82) is 0 Å². The lowest BCUT2D eigenvalue weighted by molar-refractivity contribution is 0.242. The van der Waals surface area contributed by atoms with Gasteiger partial charge in [0.2, 0.25) is 0 Å². The van der Waals surface area contributed by atoms with Gasteiger partial charge in [0.05, 0.1) is 0 Å². The van der Waals surface area contributed by atoms with E-state index in [-0.39, 0.29) is 6.03 Å². The summed E-state index contributed by atoms with van der Waals surface area (Å²) >= 11 is 0. The largest absolute Gasteiger partial charge is 0.341 e. The molecule has 0 unspecified atom stereocenters. The molecule has 0 aromatic heterocycles. The molecule has 4 heteroatoms. The van der Waals surface area contributed by atoms with Crippen LogP contribution in [-0.2, 0) is 0 Å². The van der Waals surface area contributed by atoms with Crippen molar-refractivity contribution in [3.05, 3.63) is 0 Å². The number of nitrogens with one attached hydrogen (secondary N) is 2. The second-order valence-electron chi connectivity index (χ2n) is 2.00. The van der Waals surface area contributed by atoms with Crippen LogP contribution in [0.1, 0.15) is 12.8 Å². The number of amides is 2. The van der Waals surface area contributed by atoms with Crippen molar-refractivity contribution in [2.24, 2.45) is 5.73 Å². The van der Waals surface area contributed by atoms with Gasteiger partial charge in [0, 0.05) is 13.6 Å². The van der Waals surface area contributed by atoms with E-state index in [4.69, 9.17) is 5.73 Å². The lowest BCUT2D eigenvalue weighted by atomic mass is 10.3. The fourth-order valence-electron chi connectivity index (χ4n) is 0.560. The van der Waals surface area contributed by atoms with Gasteiger partial charge in [-0.3, -0.25) is 0 Å². The molecule has 0 heterocycles. The second kappa shape index (κ2) is 6.35. The summed E-state index contributed by atoms with van der Waals surface area (Å²) in [5, 5.41) is 5.12. The van der Waals surface area contributed by atoms with Gasteiger partial charge in [-0.1, -0.05) is 0 Å². The molecule has 0 fully saturated rings. The van der Waals surface area contributed by atoms with Gasteiger partial charge in [-0.25, -0.2) is 4.79 Å². The van der Waals surface area contributed by atoms with E-state index < -0.39 is 0 Å². The number of unbranched alkanes of at least 4 members (excludes halogenated alkanes) is 1. The van der Waals surface area contributed by atoms with Crippen molar-refractivity contribution in [2.75, 3.05) is 20.1 Å². The van der Waals surface area contributed by atoms with E-state index in [2.05, 4.69) is 10.6 Å². The summed E-state index contributed by atoms with van der Waals surface area (Å²) in [7, 11) is 1.60. The SMILES string of the molecule is CNC(=O)NCCCCN. The highest BCUT2D eigenvalue weighted by molar-refractivity contribution is 5.73. The molecule has 0 saturated carbocycles. The van der Waals surface area contributed by atoms with Crippen LogP contribution in [0.25, 0.3) is 0 Å². The summed E-state index contributed by atoms with van der Waals surface area (Å²) in [6.07, 6.45) is 1.91. The zero-order valence-electron chi connectivity index (χ0n) is 6.31. The molecule has 0 atom stereocenters. The lowest BCUT2D eigenvalue weighted by Gasteiger charge is -2.01. The lowest BCUT2D eigenvalue weighted by Crippen LogP contribution is -2.33. The van der Waals surface area contributed by atoms with Gasteiger partial charge < -0.3 is 16.4 Å². The third-order valence-electron chi connectivity index (χ3n) is 1.14. The first-order chi connectivity index (χ1) is 4.81. The topological polar surface area (TPSA) is 67.2 Å². The molecule has 10 heavy (non-hydrogen) atoms. The van der Waals surface area contributed by atoms with E-state index in [1.54, 1.807) is 7.05 Å². The van der Waals surface area contributed by atoms with Crippen LogP contribution in [-0.4, -0.2) is 26.2 Å². The Morgan fingerprint density at radius 2 is 2.20 bits per heavy atom.